The molecule has 0 aliphatic rings. The minimum Gasteiger partial charge on any atom is -0.391 e. The molecule has 17 heavy (non-hydrogen) atoms. The number of nitrogens with zero attached hydrogens (tertiary/aromatic N) is 3. The van der Waals surface area contributed by atoms with Gasteiger partial charge in [0.15, 0.2) is 20.6 Å². The maximum atomic E-state index is 11.7. The van der Waals surface area contributed by atoms with Crippen molar-refractivity contribution in [3.8, 4) is 0 Å². The summed E-state index contributed by atoms with van der Waals surface area (Å²) in [4.78, 5) is 1.58. The van der Waals surface area contributed by atoms with Crippen molar-refractivity contribution >= 4 is 21.5 Å². The average Bonchev–Trinajstić information content (AvgIpc) is 2.42. The van der Waals surface area contributed by atoms with E-state index in [1.807, 2.05) is 0 Å². The van der Waals surface area contributed by atoms with Gasteiger partial charge in [-0.25, -0.2) is 13.1 Å². The number of anilines is 2. The van der Waals surface area contributed by atoms with E-state index < -0.39 is 15.9 Å². The van der Waals surface area contributed by atoms with Crippen molar-refractivity contribution in [2.45, 2.75) is 24.5 Å². The van der Waals surface area contributed by atoms with E-state index >= 15 is 0 Å². The van der Waals surface area contributed by atoms with Gasteiger partial charge in [-0.3, -0.25) is 0 Å². The summed E-state index contributed by atoms with van der Waals surface area (Å²) in [6, 6.07) is 0. The van der Waals surface area contributed by atoms with Crippen molar-refractivity contribution in [1.29, 1.82) is 0 Å². The molecule has 0 aromatic carbocycles. The topological polar surface area (TPSA) is 101 Å². The fourth-order valence-electron chi connectivity index (χ4n) is 1.48. The fourth-order valence-corrected chi connectivity index (χ4v) is 2.52. The predicted molar refractivity (Wildman–Crippen MR) is 65.8 cm³/mol. The summed E-state index contributed by atoms with van der Waals surface area (Å²) >= 11 is 0. The lowest BCUT2D eigenvalue weighted by atomic mass is 10.4. The van der Waals surface area contributed by atoms with E-state index in [9.17, 15) is 13.5 Å². The Hall–Kier alpha value is -1.28. The van der Waals surface area contributed by atoms with Crippen LogP contribution in [0.2, 0.25) is 0 Å². The van der Waals surface area contributed by atoms with Crippen LogP contribution in [0.1, 0.15) is 6.92 Å². The molecule has 0 bridgehead atoms. The highest BCUT2D eigenvalue weighted by atomic mass is 32.2. The Morgan fingerprint density at radius 3 is 2.35 bits per heavy atom. The Morgan fingerprint density at radius 2 is 2.06 bits per heavy atom. The van der Waals surface area contributed by atoms with Crippen molar-refractivity contribution in [1.82, 2.24) is 9.78 Å². The molecule has 0 aliphatic heterocycles. The van der Waals surface area contributed by atoms with E-state index in [-0.39, 0.29) is 23.1 Å². The van der Waals surface area contributed by atoms with Crippen molar-refractivity contribution in [2.24, 2.45) is 0 Å². The van der Waals surface area contributed by atoms with E-state index in [0.29, 0.717) is 0 Å². The summed E-state index contributed by atoms with van der Waals surface area (Å²) in [5.41, 5.74) is 5.76. The summed E-state index contributed by atoms with van der Waals surface area (Å²) in [6.45, 7) is 1.73. The summed E-state index contributed by atoms with van der Waals surface area (Å²) in [6.07, 6.45) is 0.430. The van der Waals surface area contributed by atoms with Gasteiger partial charge in [-0.15, -0.1) is 0 Å². The first-order chi connectivity index (χ1) is 7.64. The zero-order valence-electron chi connectivity index (χ0n) is 10.4. The number of hydrogen-bond donors (Lipinski definition) is 2. The van der Waals surface area contributed by atoms with Crippen LogP contribution in [0.3, 0.4) is 0 Å². The Bertz CT molecular complexity index is 505. The van der Waals surface area contributed by atoms with Crippen LogP contribution in [0.5, 0.6) is 0 Å². The van der Waals surface area contributed by atoms with Crippen LogP contribution < -0.4 is 10.6 Å². The molecule has 0 fully saturated rings. The Kier molecular flexibility index (Phi) is 3.68. The summed E-state index contributed by atoms with van der Waals surface area (Å²) < 4.78 is 24.6. The maximum Gasteiger partial charge on any atom is 0.182 e. The lowest BCUT2D eigenvalue weighted by Gasteiger charge is -2.09. The average molecular weight is 262 g/mol. The highest BCUT2D eigenvalue weighted by Gasteiger charge is 2.25. The molecular weight excluding hydrogens is 244 g/mol. The Morgan fingerprint density at radius 1 is 1.53 bits per heavy atom. The first-order valence-electron chi connectivity index (χ1n) is 5.06. The van der Waals surface area contributed by atoms with Crippen LogP contribution in [-0.4, -0.2) is 49.8 Å². The van der Waals surface area contributed by atoms with Crippen molar-refractivity contribution in [3.05, 3.63) is 0 Å². The van der Waals surface area contributed by atoms with Crippen molar-refractivity contribution in [3.63, 3.8) is 0 Å². The van der Waals surface area contributed by atoms with Crippen LogP contribution >= 0.6 is 0 Å². The molecule has 0 saturated carbocycles. The van der Waals surface area contributed by atoms with E-state index in [2.05, 4.69) is 5.10 Å². The van der Waals surface area contributed by atoms with E-state index in [4.69, 9.17) is 5.73 Å². The number of aromatic nitrogens is 2. The highest BCUT2D eigenvalue weighted by molar-refractivity contribution is 7.91. The summed E-state index contributed by atoms with van der Waals surface area (Å²) in [5.74, 6) is 0.336. The molecule has 1 unspecified atom stereocenters. The molecule has 0 saturated heterocycles. The van der Waals surface area contributed by atoms with Gasteiger partial charge in [0, 0.05) is 20.4 Å². The molecule has 1 aromatic rings. The monoisotopic (exact) mass is 262 g/mol. The lowest BCUT2D eigenvalue weighted by molar-refractivity contribution is 0.169. The zero-order valence-corrected chi connectivity index (χ0v) is 11.2. The summed E-state index contributed by atoms with van der Waals surface area (Å²) in [5, 5.41) is 13.4. The minimum absolute atomic E-state index is 0.00292. The van der Waals surface area contributed by atoms with Crippen molar-refractivity contribution < 1.29 is 13.5 Å². The third kappa shape index (κ3) is 2.89. The van der Waals surface area contributed by atoms with Crippen LogP contribution in [-0.2, 0) is 16.4 Å². The molecule has 1 aromatic heterocycles. The number of sulfone groups is 1. The second kappa shape index (κ2) is 4.53. The molecule has 98 valence electrons. The first kappa shape index (κ1) is 13.8. The lowest BCUT2D eigenvalue weighted by Crippen LogP contribution is -2.16. The number of aliphatic hydroxyl groups excluding tert-OH is 1. The number of nitrogen functional groups attached to an aromatic ring is 1. The molecule has 0 aliphatic carbocycles. The number of rotatable bonds is 4. The molecule has 1 heterocycles. The standard InChI is InChI=1S/C9H18N4O3S/c1-6(14)5-13-8(10)7(17(4,15)16)9(11-13)12(2)3/h6,14H,5,10H2,1-4H3. The zero-order chi connectivity index (χ0) is 13.4. The molecule has 3 N–H and O–H groups in total. The van der Waals surface area contributed by atoms with Gasteiger partial charge in [0.05, 0.1) is 12.6 Å². The van der Waals surface area contributed by atoms with Crippen LogP contribution in [0.4, 0.5) is 11.6 Å². The molecule has 0 spiro atoms. The molecule has 1 rings (SSSR count). The molecule has 8 heteroatoms. The van der Waals surface area contributed by atoms with Gasteiger partial charge in [0.1, 0.15) is 5.82 Å². The van der Waals surface area contributed by atoms with Gasteiger partial charge in [-0.1, -0.05) is 0 Å². The number of hydrogen-bond acceptors (Lipinski definition) is 6. The molecule has 7 nitrogen and oxygen atoms in total. The number of aliphatic hydroxyl groups is 1. The van der Waals surface area contributed by atoms with Gasteiger partial charge >= 0.3 is 0 Å². The fraction of sp³-hybridized carbons (Fsp3) is 0.667. The van der Waals surface area contributed by atoms with Gasteiger partial charge in [-0.2, -0.15) is 5.10 Å². The second-order valence-electron chi connectivity index (χ2n) is 4.24. The normalized spacial score (nSPS) is 13.7. The Balaban J connectivity index is 3.41. The van der Waals surface area contributed by atoms with Gasteiger partial charge < -0.3 is 15.7 Å². The van der Waals surface area contributed by atoms with Gasteiger partial charge in [0.25, 0.3) is 0 Å². The maximum absolute atomic E-state index is 11.7. The third-order valence-electron chi connectivity index (χ3n) is 2.16. The van der Waals surface area contributed by atoms with E-state index in [1.165, 1.54) is 4.68 Å². The Labute approximate surface area is 101 Å². The largest absolute Gasteiger partial charge is 0.391 e. The second-order valence-corrected chi connectivity index (χ2v) is 6.19. The van der Waals surface area contributed by atoms with Crippen molar-refractivity contribution in [2.75, 3.05) is 31.0 Å². The van der Waals surface area contributed by atoms with E-state index in [0.717, 1.165) is 6.26 Å². The van der Waals surface area contributed by atoms with Gasteiger partial charge in [0.2, 0.25) is 0 Å². The van der Waals surface area contributed by atoms with Crippen LogP contribution in [0, 0.1) is 0 Å². The molecule has 0 radical (unpaired) electrons. The SMILES string of the molecule is CC(O)Cn1nc(N(C)C)c(S(C)(=O)=O)c1N. The number of nitrogens with two attached hydrogens (primary N) is 1. The smallest absolute Gasteiger partial charge is 0.182 e. The molecule has 1 atom stereocenters. The molecular formula is C9H18N4O3S. The van der Waals surface area contributed by atoms with E-state index in [1.54, 1.807) is 25.9 Å². The minimum atomic E-state index is -3.46. The summed E-state index contributed by atoms with van der Waals surface area (Å²) in [7, 11) is -0.0884. The molecule has 0 amide bonds. The quantitative estimate of drug-likeness (QED) is 0.745. The first-order valence-corrected chi connectivity index (χ1v) is 6.95. The van der Waals surface area contributed by atoms with Crippen LogP contribution in [0.15, 0.2) is 4.90 Å². The van der Waals surface area contributed by atoms with Gasteiger partial charge in [-0.05, 0) is 6.92 Å². The predicted octanol–water partition coefficient (Wildman–Crippen LogP) is -0.684. The highest BCUT2D eigenvalue weighted by Crippen LogP contribution is 2.28. The van der Waals surface area contributed by atoms with Crippen LogP contribution in [0.25, 0.3) is 0 Å². The third-order valence-corrected chi connectivity index (χ3v) is 3.29.